The van der Waals surface area contributed by atoms with Gasteiger partial charge in [0, 0.05) is 24.6 Å². The second kappa shape index (κ2) is 8.94. The number of benzene rings is 2. The van der Waals surface area contributed by atoms with E-state index in [4.69, 9.17) is 0 Å². The highest BCUT2D eigenvalue weighted by molar-refractivity contribution is 5.93. The number of para-hydroxylation sites is 1. The quantitative estimate of drug-likeness (QED) is 0.659. The fourth-order valence-electron chi connectivity index (χ4n) is 2.81. The average molecular weight is 360 g/mol. The number of hydrogen-bond donors (Lipinski definition) is 2. The summed E-state index contributed by atoms with van der Waals surface area (Å²) in [5, 5.41) is 6.13. The number of amides is 1. The molecule has 0 aliphatic rings. The molecule has 5 nitrogen and oxygen atoms in total. The number of hydrogen-bond acceptors (Lipinski definition) is 4. The molecule has 0 aliphatic carbocycles. The fraction of sp³-hybridized carbons (Fsp3) is 0.227. The molecule has 1 aromatic heterocycles. The number of carbonyl (C=O) groups excluding carboxylic acids is 1. The summed E-state index contributed by atoms with van der Waals surface area (Å²) in [6.45, 7) is 4.86. The molecule has 0 bridgehead atoms. The highest BCUT2D eigenvalue weighted by atomic mass is 16.1. The normalized spacial score (nSPS) is 10.6. The minimum Gasteiger partial charge on any atom is -0.352 e. The van der Waals surface area contributed by atoms with Gasteiger partial charge in [-0.05, 0) is 29.5 Å². The van der Waals surface area contributed by atoms with Crippen molar-refractivity contribution in [3.8, 4) is 0 Å². The third kappa shape index (κ3) is 5.14. The van der Waals surface area contributed by atoms with Crippen LogP contribution in [0.25, 0.3) is 0 Å². The van der Waals surface area contributed by atoms with Crippen molar-refractivity contribution in [2.45, 2.75) is 26.2 Å². The lowest BCUT2D eigenvalue weighted by atomic mass is 10.0. The summed E-state index contributed by atoms with van der Waals surface area (Å²) in [6.07, 6.45) is 3.88. The lowest BCUT2D eigenvalue weighted by Gasteiger charge is -2.13. The van der Waals surface area contributed by atoms with Gasteiger partial charge in [-0.15, -0.1) is 0 Å². The monoisotopic (exact) mass is 360 g/mol. The van der Waals surface area contributed by atoms with Crippen molar-refractivity contribution in [3.63, 3.8) is 0 Å². The first kappa shape index (κ1) is 18.6. The van der Waals surface area contributed by atoms with Crippen LogP contribution in [0, 0.1) is 0 Å². The standard InChI is InChI=1S/C22H24N4O/c1-16(2)19-10-6-7-11-20(19)26-22-24-14-18(15-25-22)21(27)23-13-12-17-8-4-3-5-9-17/h3-11,14-16H,12-13H2,1-2H3,(H,23,27)(H,24,25,26). The zero-order valence-electron chi connectivity index (χ0n) is 15.6. The molecule has 27 heavy (non-hydrogen) atoms. The molecule has 2 N–H and O–H groups in total. The minimum absolute atomic E-state index is 0.167. The second-order valence-corrected chi connectivity index (χ2v) is 6.65. The largest absolute Gasteiger partial charge is 0.352 e. The predicted molar refractivity (Wildman–Crippen MR) is 108 cm³/mol. The van der Waals surface area contributed by atoms with Crippen LogP contribution >= 0.6 is 0 Å². The molecule has 2 aromatic carbocycles. The van der Waals surface area contributed by atoms with Gasteiger partial charge in [0.15, 0.2) is 0 Å². The summed E-state index contributed by atoms with van der Waals surface area (Å²) in [4.78, 5) is 20.8. The Morgan fingerprint density at radius 3 is 2.33 bits per heavy atom. The van der Waals surface area contributed by atoms with Crippen LogP contribution in [-0.2, 0) is 6.42 Å². The molecule has 3 aromatic rings. The molecule has 0 radical (unpaired) electrons. The Hall–Kier alpha value is -3.21. The Morgan fingerprint density at radius 2 is 1.63 bits per heavy atom. The number of carbonyl (C=O) groups is 1. The van der Waals surface area contributed by atoms with Gasteiger partial charge < -0.3 is 10.6 Å². The van der Waals surface area contributed by atoms with Gasteiger partial charge in [-0.1, -0.05) is 62.4 Å². The summed E-state index contributed by atoms with van der Waals surface area (Å²) in [5.74, 6) is 0.701. The lowest BCUT2D eigenvalue weighted by Crippen LogP contribution is -2.26. The lowest BCUT2D eigenvalue weighted by molar-refractivity contribution is 0.0953. The van der Waals surface area contributed by atoms with Gasteiger partial charge in [-0.25, -0.2) is 9.97 Å². The zero-order chi connectivity index (χ0) is 19.1. The number of aromatic nitrogens is 2. The van der Waals surface area contributed by atoms with Gasteiger partial charge in [-0.2, -0.15) is 0 Å². The second-order valence-electron chi connectivity index (χ2n) is 6.65. The maximum atomic E-state index is 12.2. The number of nitrogens with one attached hydrogen (secondary N) is 2. The summed E-state index contributed by atoms with van der Waals surface area (Å²) in [5.41, 5.74) is 3.82. The Bertz CT molecular complexity index is 876. The highest BCUT2D eigenvalue weighted by Gasteiger charge is 2.09. The molecule has 138 valence electrons. The summed E-state index contributed by atoms with van der Waals surface area (Å²) >= 11 is 0. The molecule has 0 unspecified atom stereocenters. The molecule has 0 spiro atoms. The molecule has 0 atom stereocenters. The topological polar surface area (TPSA) is 66.9 Å². The van der Waals surface area contributed by atoms with E-state index in [-0.39, 0.29) is 5.91 Å². The van der Waals surface area contributed by atoms with Crippen molar-refractivity contribution >= 4 is 17.5 Å². The summed E-state index contributed by atoms with van der Waals surface area (Å²) < 4.78 is 0. The van der Waals surface area contributed by atoms with Crippen LogP contribution in [0.4, 0.5) is 11.6 Å². The predicted octanol–water partition coefficient (Wildman–Crippen LogP) is 4.32. The van der Waals surface area contributed by atoms with E-state index in [2.05, 4.69) is 40.5 Å². The molecule has 0 saturated heterocycles. The van der Waals surface area contributed by atoms with E-state index in [1.54, 1.807) is 12.4 Å². The third-order valence-corrected chi connectivity index (χ3v) is 4.29. The molecule has 0 aliphatic heterocycles. The smallest absolute Gasteiger partial charge is 0.254 e. The van der Waals surface area contributed by atoms with Gasteiger partial charge in [0.25, 0.3) is 5.91 Å². The summed E-state index contributed by atoms with van der Waals surface area (Å²) in [7, 11) is 0. The Balaban J connectivity index is 1.57. The van der Waals surface area contributed by atoms with Gasteiger partial charge in [0.1, 0.15) is 0 Å². The number of nitrogens with zero attached hydrogens (tertiary/aromatic N) is 2. The SMILES string of the molecule is CC(C)c1ccccc1Nc1ncc(C(=O)NCCc2ccccc2)cn1. The molecule has 5 heteroatoms. The van der Waals surface area contributed by atoms with Crippen LogP contribution in [0.3, 0.4) is 0 Å². The minimum atomic E-state index is -0.167. The molecular weight excluding hydrogens is 336 g/mol. The number of rotatable bonds is 7. The highest BCUT2D eigenvalue weighted by Crippen LogP contribution is 2.25. The fourth-order valence-corrected chi connectivity index (χ4v) is 2.81. The van der Waals surface area contributed by atoms with Gasteiger partial charge in [0.05, 0.1) is 5.56 Å². The first-order valence-corrected chi connectivity index (χ1v) is 9.13. The van der Waals surface area contributed by atoms with E-state index in [0.717, 1.165) is 12.1 Å². The molecule has 0 fully saturated rings. The van der Waals surface area contributed by atoms with Crippen LogP contribution < -0.4 is 10.6 Å². The Labute approximate surface area is 159 Å². The first-order valence-electron chi connectivity index (χ1n) is 9.13. The molecular formula is C22H24N4O. The van der Waals surface area contributed by atoms with Crippen molar-refractivity contribution in [1.29, 1.82) is 0 Å². The van der Waals surface area contributed by atoms with E-state index >= 15 is 0 Å². The van der Waals surface area contributed by atoms with Crippen LogP contribution in [0.1, 0.15) is 41.3 Å². The first-order chi connectivity index (χ1) is 13.1. The van der Waals surface area contributed by atoms with Crippen molar-refractivity contribution in [2.24, 2.45) is 0 Å². The molecule has 1 amide bonds. The molecule has 1 heterocycles. The Kier molecular flexibility index (Phi) is 6.15. The van der Waals surface area contributed by atoms with Gasteiger partial charge >= 0.3 is 0 Å². The maximum Gasteiger partial charge on any atom is 0.254 e. The third-order valence-electron chi connectivity index (χ3n) is 4.29. The number of anilines is 2. The zero-order valence-corrected chi connectivity index (χ0v) is 15.6. The van der Waals surface area contributed by atoms with Crippen LogP contribution in [0.15, 0.2) is 67.0 Å². The maximum absolute atomic E-state index is 12.2. The van der Waals surface area contributed by atoms with Gasteiger partial charge in [0.2, 0.25) is 5.95 Å². The summed E-state index contributed by atoms with van der Waals surface area (Å²) in [6, 6.07) is 18.1. The van der Waals surface area contributed by atoms with Crippen LogP contribution in [0.5, 0.6) is 0 Å². The molecule has 0 saturated carbocycles. The van der Waals surface area contributed by atoms with Crippen molar-refractivity contribution in [2.75, 3.05) is 11.9 Å². The van der Waals surface area contributed by atoms with E-state index < -0.39 is 0 Å². The molecule has 3 rings (SSSR count). The van der Waals surface area contributed by atoms with Crippen LogP contribution in [0.2, 0.25) is 0 Å². The van der Waals surface area contributed by atoms with E-state index in [9.17, 15) is 4.79 Å². The van der Waals surface area contributed by atoms with Crippen molar-refractivity contribution in [3.05, 3.63) is 83.7 Å². The van der Waals surface area contributed by atoms with Crippen molar-refractivity contribution < 1.29 is 4.79 Å². The van der Waals surface area contributed by atoms with E-state index in [1.165, 1.54) is 11.1 Å². The Morgan fingerprint density at radius 1 is 0.963 bits per heavy atom. The average Bonchev–Trinajstić information content (AvgIpc) is 2.69. The van der Waals surface area contributed by atoms with E-state index in [0.29, 0.717) is 24.0 Å². The van der Waals surface area contributed by atoms with Crippen LogP contribution in [-0.4, -0.2) is 22.4 Å². The van der Waals surface area contributed by atoms with Gasteiger partial charge in [-0.3, -0.25) is 4.79 Å². The van der Waals surface area contributed by atoms with Crippen molar-refractivity contribution in [1.82, 2.24) is 15.3 Å². The van der Waals surface area contributed by atoms with E-state index in [1.807, 2.05) is 48.5 Å².